The molecule has 3 unspecified atom stereocenters. The molecule has 1 aliphatic heterocycles. The van der Waals surface area contributed by atoms with Crippen LogP contribution in [0.5, 0.6) is 0 Å². The molecule has 1 heterocycles. The SMILES string of the molecule is CCCNC1CCCC(N2CCC(c3ccccc3)C2)C1. The monoisotopic (exact) mass is 286 g/mol. The van der Waals surface area contributed by atoms with Gasteiger partial charge in [-0.2, -0.15) is 0 Å². The predicted octanol–water partition coefficient (Wildman–Crippen LogP) is 3.79. The Kier molecular flexibility index (Phi) is 5.32. The van der Waals surface area contributed by atoms with Crippen LogP contribution in [-0.2, 0) is 0 Å². The van der Waals surface area contributed by atoms with Gasteiger partial charge in [0.15, 0.2) is 0 Å². The van der Waals surface area contributed by atoms with Gasteiger partial charge in [-0.15, -0.1) is 0 Å². The van der Waals surface area contributed by atoms with E-state index in [9.17, 15) is 0 Å². The predicted molar refractivity (Wildman–Crippen MR) is 89.7 cm³/mol. The third-order valence-electron chi connectivity index (χ3n) is 5.34. The number of rotatable bonds is 5. The van der Waals surface area contributed by atoms with Gasteiger partial charge in [0.05, 0.1) is 0 Å². The quantitative estimate of drug-likeness (QED) is 0.886. The number of benzene rings is 1. The number of hydrogen-bond acceptors (Lipinski definition) is 2. The average molecular weight is 286 g/mol. The lowest BCUT2D eigenvalue weighted by atomic mass is 9.90. The van der Waals surface area contributed by atoms with Crippen molar-refractivity contribution in [3.05, 3.63) is 35.9 Å². The fourth-order valence-corrected chi connectivity index (χ4v) is 4.15. The van der Waals surface area contributed by atoms with Crippen LogP contribution in [0.15, 0.2) is 30.3 Å². The number of likely N-dealkylation sites (tertiary alicyclic amines) is 1. The summed E-state index contributed by atoms with van der Waals surface area (Å²) in [4.78, 5) is 2.78. The first-order valence-electron chi connectivity index (χ1n) is 8.89. The van der Waals surface area contributed by atoms with Crippen molar-refractivity contribution in [2.75, 3.05) is 19.6 Å². The van der Waals surface area contributed by atoms with E-state index in [0.29, 0.717) is 0 Å². The molecule has 21 heavy (non-hydrogen) atoms. The fourth-order valence-electron chi connectivity index (χ4n) is 4.15. The van der Waals surface area contributed by atoms with Crippen molar-refractivity contribution in [1.29, 1.82) is 0 Å². The van der Waals surface area contributed by atoms with Crippen LogP contribution in [-0.4, -0.2) is 36.6 Å². The van der Waals surface area contributed by atoms with E-state index in [1.165, 1.54) is 63.7 Å². The molecule has 0 amide bonds. The summed E-state index contributed by atoms with van der Waals surface area (Å²) in [5, 5.41) is 3.74. The summed E-state index contributed by atoms with van der Waals surface area (Å²) in [5.41, 5.74) is 1.54. The largest absolute Gasteiger partial charge is 0.314 e. The number of hydrogen-bond donors (Lipinski definition) is 1. The minimum absolute atomic E-state index is 0.759. The van der Waals surface area contributed by atoms with E-state index >= 15 is 0 Å². The molecule has 2 fully saturated rings. The second-order valence-electron chi connectivity index (χ2n) is 6.86. The Morgan fingerprint density at radius 1 is 1.14 bits per heavy atom. The Hall–Kier alpha value is -0.860. The van der Waals surface area contributed by atoms with E-state index < -0.39 is 0 Å². The van der Waals surface area contributed by atoms with Crippen molar-refractivity contribution in [2.45, 2.75) is 63.5 Å². The summed E-state index contributed by atoms with van der Waals surface area (Å²) in [5.74, 6) is 0.759. The molecule has 2 heteroatoms. The van der Waals surface area contributed by atoms with Crippen LogP contribution in [0.4, 0.5) is 0 Å². The second kappa shape index (κ2) is 7.42. The topological polar surface area (TPSA) is 15.3 Å². The molecule has 2 aliphatic rings. The van der Waals surface area contributed by atoms with Gasteiger partial charge in [-0.05, 0) is 56.7 Å². The van der Waals surface area contributed by atoms with Gasteiger partial charge in [0.1, 0.15) is 0 Å². The molecule has 1 saturated carbocycles. The molecule has 0 aromatic heterocycles. The summed E-state index contributed by atoms with van der Waals surface area (Å²) in [6.45, 7) is 6.02. The van der Waals surface area contributed by atoms with Crippen LogP contribution >= 0.6 is 0 Å². The van der Waals surface area contributed by atoms with Gasteiger partial charge < -0.3 is 5.32 Å². The maximum absolute atomic E-state index is 3.74. The number of nitrogens with one attached hydrogen (secondary N) is 1. The van der Waals surface area contributed by atoms with Crippen LogP contribution < -0.4 is 5.32 Å². The lowest BCUT2D eigenvalue weighted by Gasteiger charge is -2.36. The smallest absolute Gasteiger partial charge is 0.0110 e. The van der Waals surface area contributed by atoms with Crippen LogP contribution in [0, 0.1) is 0 Å². The highest BCUT2D eigenvalue weighted by atomic mass is 15.2. The Bertz CT molecular complexity index is 417. The highest BCUT2D eigenvalue weighted by Gasteiger charge is 2.32. The molecule has 0 bridgehead atoms. The normalized spacial score (nSPS) is 30.6. The molecule has 116 valence electrons. The zero-order chi connectivity index (χ0) is 14.5. The first-order valence-corrected chi connectivity index (χ1v) is 8.89. The molecule has 2 nitrogen and oxygen atoms in total. The second-order valence-corrected chi connectivity index (χ2v) is 6.86. The van der Waals surface area contributed by atoms with Crippen molar-refractivity contribution in [3.63, 3.8) is 0 Å². The summed E-state index contributed by atoms with van der Waals surface area (Å²) in [6.07, 6.45) is 8.15. The van der Waals surface area contributed by atoms with Crippen LogP contribution in [0.1, 0.15) is 56.9 Å². The molecule has 1 aliphatic carbocycles. The Morgan fingerprint density at radius 2 is 2.00 bits per heavy atom. The Balaban J connectivity index is 1.53. The zero-order valence-corrected chi connectivity index (χ0v) is 13.4. The molecule has 0 spiro atoms. The van der Waals surface area contributed by atoms with E-state index in [2.05, 4.69) is 47.5 Å². The van der Waals surface area contributed by atoms with Crippen molar-refractivity contribution in [3.8, 4) is 0 Å². The van der Waals surface area contributed by atoms with Crippen molar-refractivity contribution in [2.24, 2.45) is 0 Å². The van der Waals surface area contributed by atoms with Gasteiger partial charge in [-0.1, -0.05) is 43.7 Å². The molecule has 1 N–H and O–H groups in total. The molecular weight excluding hydrogens is 256 g/mol. The maximum Gasteiger partial charge on any atom is 0.0110 e. The van der Waals surface area contributed by atoms with Gasteiger partial charge >= 0.3 is 0 Å². The van der Waals surface area contributed by atoms with E-state index in [-0.39, 0.29) is 0 Å². The third-order valence-corrected chi connectivity index (χ3v) is 5.34. The highest BCUT2D eigenvalue weighted by molar-refractivity contribution is 5.21. The number of nitrogens with zero attached hydrogens (tertiary/aromatic N) is 1. The Morgan fingerprint density at radius 3 is 2.81 bits per heavy atom. The van der Waals surface area contributed by atoms with Gasteiger partial charge in [0, 0.05) is 18.6 Å². The van der Waals surface area contributed by atoms with E-state index in [0.717, 1.165) is 18.0 Å². The van der Waals surface area contributed by atoms with Crippen molar-refractivity contribution >= 4 is 0 Å². The summed E-state index contributed by atoms with van der Waals surface area (Å²) in [6, 6.07) is 12.7. The average Bonchev–Trinajstić information content (AvgIpc) is 3.04. The lowest BCUT2D eigenvalue weighted by Crippen LogP contribution is -2.43. The van der Waals surface area contributed by atoms with Gasteiger partial charge in [-0.3, -0.25) is 4.90 Å². The highest BCUT2D eigenvalue weighted by Crippen LogP contribution is 2.32. The molecule has 1 saturated heterocycles. The zero-order valence-electron chi connectivity index (χ0n) is 13.4. The fraction of sp³-hybridized carbons (Fsp3) is 0.684. The minimum Gasteiger partial charge on any atom is -0.314 e. The summed E-state index contributed by atoms with van der Waals surface area (Å²) >= 11 is 0. The van der Waals surface area contributed by atoms with Gasteiger partial charge in [0.25, 0.3) is 0 Å². The molecule has 0 radical (unpaired) electrons. The first-order chi connectivity index (χ1) is 10.4. The molecule has 1 aromatic rings. The minimum atomic E-state index is 0.759. The van der Waals surface area contributed by atoms with Gasteiger partial charge in [-0.25, -0.2) is 0 Å². The maximum atomic E-state index is 3.74. The van der Waals surface area contributed by atoms with Crippen LogP contribution in [0.25, 0.3) is 0 Å². The van der Waals surface area contributed by atoms with Crippen molar-refractivity contribution < 1.29 is 0 Å². The lowest BCUT2D eigenvalue weighted by molar-refractivity contribution is 0.167. The van der Waals surface area contributed by atoms with Crippen molar-refractivity contribution in [1.82, 2.24) is 10.2 Å². The van der Waals surface area contributed by atoms with E-state index in [1.807, 2.05) is 0 Å². The molecule has 1 aromatic carbocycles. The van der Waals surface area contributed by atoms with Crippen LogP contribution in [0.3, 0.4) is 0 Å². The van der Waals surface area contributed by atoms with Crippen LogP contribution in [0.2, 0.25) is 0 Å². The summed E-state index contributed by atoms with van der Waals surface area (Å²) < 4.78 is 0. The third kappa shape index (κ3) is 3.87. The van der Waals surface area contributed by atoms with Gasteiger partial charge in [0.2, 0.25) is 0 Å². The molecule has 3 atom stereocenters. The molecular formula is C19H30N2. The van der Waals surface area contributed by atoms with E-state index in [1.54, 1.807) is 0 Å². The summed E-state index contributed by atoms with van der Waals surface area (Å²) in [7, 11) is 0. The Labute approximate surface area is 129 Å². The standard InChI is InChI=1S/C19H30N2/c1-2-12-20-18-9-6-10-19(14-18)21-13-11-17(15-21)16-7-4-3-5-8-16/h3-5,7-8,17-20H,2,6,9-15H2,1H3. The molecule has 3 rings (SSSR count). The van der Waals surface area contributed by atoms with E-state index in [4.69, 9.17) is 0 Å². The first kappa shape index (κ1) is 15.1.